The molecule has 0 radical (unpaired) electrons. The zero-order valence-electron chi connectivity index (χ0n) is 9.13. The number of terminal acetylenes is 1. The maximum Gasteiger partial charge on any atom is 0.232 e. The molecule has 14 heavy (non-hydrogen) atoms. The molecule has 0 fully saturated rings. The van der Waals surface area contributed by atoms with Crippen LogP contribution in [0.1, 0.15) is 33.6 Å². The van der Waals surface area contributed by atoms with Gasteiger partial charge in [0.1, 0.15) is 0 Å². The number of hydrogen-bond donors (Lipinski definition) is 2. The van der Waals surface area contributed by atoms with E-state index in [2.05, 4.69) is 11.2 Å². The van der Waals surface area contributed by atoms with Crippen LogP contribution in [0.4, 0.5) is 0 Å². The predicted octanol–water partition coefficient (Wildman–Crippen LogP) is 0.923. The molecule has 0 aromatic rings. The van der Waals surface area contributed by atoms with Gasteiger partial charge in [-0.2, -0.15) is 0 Å². The summed E-state index contributed by atoms with van der Waals surface area (Å²) >= 11 is 0. The van der Waals surface area contributed by atoms with E-state index >= 15 is 0 Å². The summed E-state index contributed by atoms with van der Waals surface area (Å²) in [4.78, 5) is 11.0. The lowest BCUT2D eigenvalue weighted by Gasteiger charge is -2.25. The van der Waals surface area contributed by atoms with Crippen molar-refractivity contribution >= 4 is 5.91 Å². The molecule has 0 saturated heterocycles. The number of aliphatic hydroxyl groups is 1. The molecule has 0 heterocycles. The lowest BCUT2D eigenvalue weighted by molar-refractivity contribution is -0.121. The van der Waals surface area contributed by atoms with Crippen LogP contribution in [0.5, 0.6) is 0 Å². The zero-order valence-corrected chi connectivity index (χ0v) is 9.13. The third kappa shape index (κ3) is 6.50. The van der Waals surface area contributed by atoms with E-state index in [0.717, 1.165) is 0 Å². The average molecular weight is 197 g/mol. The van der Waals surface area contributed by atoms with Gasteiger partial charge in [0.25, 0.3) is 0 Å². The van der Waals surface area contributed by atoms with Crippen molar-refractivity contribution in [2.24, 2.45) is 5.92 Å². The molecular weight excluding hydrogens is 178 g/mol. The van der Waals surface area contributed by atoms with E-state index in [9.17, 15) is 9.90 Å². The molecule has 1 unspecified atom stereocenters. The molecule has 0 aliphatic rings. The van der Waals surface area contributed by atoms with Crippen molar-refractivity contribution in [3.8, 4) is 12.3 Å². The van der Waals surface area contributed by atoms with Crippen molar-refractivity contribution in [1.29, 1.82) is 0 Å². The molecule has 0 aromatic heterocycles. The number of amides is 1. The van der Waals surface area contributed by atoms with Crippen molar-refractivity contribution in [2.45, 2.75) is 39.2 Å². The SMILES string of the molecule is C#CCC(=O)NCC(C)(O)CC(C)C. The summed E-state index contributed by atoms with van der Waals surface area (Å²) in [6.45, 7) is 6.02. The second-order valence-electron chi connectivity index (χ2n) is 4.25. The number of rotatable bonds is 5. The van der Waals surface area contributed by atoms with E-state index in [-0.39, 0.29) is 18.9 Å². The Balaban J connectivity index is 3.87. The first-order chi connectivity index (χ1) is 6.37. The van der Waals surface area contributed by atoms with Crippen LogP contribution < -0.4 is 5.32 Å². The van der Waals surface area contributed by atoms with E-state index in [1.807, 2.05) is 13.8 Å². The normalized spacial score (nSPS) is 14.6. The lowest BCUT2D eigenvalue weighted by atomic mass is 9.94. The van der Waals surface area contributed by atoms with Gasteiger partial charge in [-0.05, 0) is 19.3 Å². The van der Waals surface area contributed by atoms with Crippen molar-refractivity contribution in [3.63, 3.8) is 0 Å². The van der Waals surface area contributed by atoms with Crippen molar-refractivity contribution in [1.82, 2.24) is 5.32 Å². The summed E-state index contributed by atoms with van der Waals surface area (Å²) in [7, 11) is 0. The molecule has 80 valence electrons. The summed E-state index contributed by atoms with van der Waals surface area (Å²) in [5.74, 6) is 2.44. The van der Waals surface area contributed by atoms with Crippen LogP contribution >= 0.6 is 0 Å². The molecule has 3 heteroatoms. The number of hydrogen-bond acceptors (Lipinski definition) is 2. The fraction of sp³-hybridized carbons (Fsp3) is 0.727. The smallest absolute Gasteiger partial charge is 0.232 e. The Kier molecular flexibility index (Phi) is 5.26. The van der Waals surface area contributed by atoms with Crippen molar-refractivity contribution < 1.29 is 9.90 Å². The first-order valence-corrected chi connectivity index (χ1v) is 4.80. The fourth-order valence-electron chi connectivity index (χ4n) is 1.40. The molecule has 2 N–H and O–H groups in total. The molecule has 0 bridgehead atoms. The van der Waals surface area contributed by atoms with Gasteiger partial charge < -0.3 is 10.4 Å². The van der Waals surface area contributed by atoms with Crippen molar-refractivity contribution in [3.05, 3.63) is 0 Å². The summed E-state index contributed by atoms with van der Waals surface area (Å²) in [6, 6.07) is 0. The van der Waals surface area contributed by atoms with Gasteiger partial charge in [-0.3, -0.25) is 4.79 Å². The maximum atomic E-state index is 11.0. The number of carbonyl (C=O) groups excluding carboxylic acids is 1. The molecule has 3 nitrogen and oxygen atoms in total. The highest BCUT2D eigenvalue weighted by molar-refractivity contribution is 5.78. The highest BCUT2D eigenvalue weighted by atomic mass is 16.3. The monoisotopic (exact) mass is 197 g/mol. The minimum absolute atomic E-state index is 0.0672. The van der Waals surface area contributed by atoms with Crippen LogP contribution in [-0.4, -0.2) is 23.2 Å². The molecule has 0 rings (SSSR count). The maximum absolute atomic E-state index is 11.0. The van der Waals surface area contributed by atoms with Gasteiger partial charge in [0, 0.05) is 6.54 Å². The Labute approximate surface area is 85.9 Å². The molecule has 1 atom stereocenters. The lowest BCUT2D eigenvalue weighted by Crippen LogP contribution is -2.41. The van der Waals surface area contributed by atoms with Gasteiger partial charge >= 0.3 is 0 Å². The molecule has 0 aliphatic heterocycles. The first-order valence-electron chi connectivity index (χ1n) is 4.80. The summed E-state index contributed by atoms with van der Waals surface area (Å²) in [5, 5.41) is 12.4. The van der Waals surface area contributed by atoms with Crippen LogP contribution in [0, 0.1) is 18.3 Å². The van der Waals surface area contributed by atoms with Crippen molar-refractivity contribution in [2.75, 3.05) is 6.54 Å². The summed E-state index contributed by atoms with van der Waals surface area (Å²) in [5.41, 5.74) is -0.849. The van der Waals surface area contributed by atoms with Gasteiger partial charge in [-0.15, -0.1) is 6.42 Å². The highest BCUT2D eigenvalue weighted by Crippen LogP contribution is 2.14. The molecule has 1 amide bonds. The van der Waals surface area contributed by atoms with E-state index in [1.54, 1.807) is 6.92 Å². The van der Waals surface area contributed by atoms with E-state index in [4.69, 9.17) is 6.42 Å². The third-order valence-electron chi connectivity index (χ3n) is 1.78. The fourth-order valence-corrected chi connectivity index (χ4v) is 1.40. The Hall–Kier alpha value is -1.01. The zero-order chi connectivity index (χ0) is 11.2. The van der Waals surface area contributed by atoms with Gasteiger partial charge in [0.2, 0.25) is 5.91 Å². The number of nitrogens with one attached hydrogen (secondary N) is 1. The van der Waals surface area contributed by atoms with Gasteiger partial charge in [-0.1, -0.05) is 19.8 Å². The third-order valence-corrected chi connectivity index (χ3v) is 1.78. The Morgan fingerprint density at radius 3 is 2.64 bits per heavy atom. The molecule has 0 aliphatic carbocycles. The van der Waals surface area contributed by atoms with Crippen LogP contribution in [-0.2, 0) is 4.79 Å². The second-order valence-corrected chi connectivity index (χ2v) is 4.25. The Morgan fingerprint density at radius 2 is 2.21 bits per heavy atom. The Morgan fingerprint density at radius 1 is 1.64 bits per heavy atom. The van der Waals surface area contributed by atoms with Gasteiger partial charge in [0.05, 0.1) is 12.0 Å². The molecule has 0 aromatic carbocycles. The quantitative estimate of drug-likeness (QED) is 0.644. The highest BCUT2D eigenvalue weighted by Gasteiger charge is 2.22. The largest absolute Gasteiger partial charge is 0.388 e. The standard InChI is InChI=1S/C11H19NO2/c1-5-6-10(13)12-8-11(4,14)7-9(2)3/h1,9,14H,6-8H2,2-4H3,(H,12,13). The molecular formula is C11H19NO2. The van der Waals surface area contributed by atoms with Crippen LogP contribution in [0.15, 0.2) is 0 Å². The van der Waals surface area contributed by atoms with E-state index < -0.39 is 5.60 Å². The van der Waals surface area contributed by atoms with Gasteiger partial charge in [0.15, 0.2) is 0 Å². The first kappa shape index (κ1) is 13.0. The Bertz CT molecular complexity index is 226. The minimum atomic E-state index is -0.849. The average Bonchev–Trinajstić information content (AvgIpc) is 1.99. The van der Waals surface area contributed by atoms with Gasteiger partial charge in [-0.25, -0.2) is 0 Å². The topological polar surface area (TPSA) is 49.3 Å². The second kappa shape index (κ2) is 5.66. The molecule has 0 saturated carbocycles. The van der Waals surface area contributed by atoms with E-state index in [1.165, 1.54) is 0 Å². The van der Waals surface area contributed by atoms with Crippen LogP contribution in [0.2, 0.25) is 0 Å². The minimum Gasteiger partial charge on any atom is -0.388 e. The summed E-state index contributed by atoms with van der Waals surface area (Å²) in [6.07, 6.45) is 5.70. The van der Waals surface area contributed by atoms with Crippen LogP contribution in [0.25, 0.3) is 0 Å². The summed E-state index contributed by atoms with van der Waals surface area (Å²) < 4.78 is 0. The van der Waals surface area contributed by atoms with E-state index in [0.29, 0.717) is 12.3 Å². The molecule has 0 spiro atoms. The number of carbonyl (C=O) groups is 1. The van der Waals surface area contributed by atoms with Crippen LogP contribution in [0.3, 0.4) is 0 Å². The predicted molar refractivity (Wildman–Crippen MR) is 56.5 cm³/mol.